The fraction of sp³-hybridized carbons (Fsp3) is 0.500. The van der Waals surface area contributed by atoms with Crippen LogP contribution in [0.1, 0.15) is 43.3 Å². The Morgan fingerprint density at radius 2 is 1.88 bits per heavy atom. The lowest BCUT2D eigenvalue weighted by Crippen LogP contribution is -2.51. The largest absolute Gasteiger partial charge is 0.465 e. The molecule has 0 N–H and O–H groups in total. The smallest absolute Gasteiger partial charge is 0.223 e. The molecule has 25 heavy (non-hydrogen) atoms. The van der Waals surface area contributed by atoms with Gasteiger partial charge in [-0.25, -0.2) is 0 Å². The van der Waals surface area contributed by atoms with Gasteiger partial charge in [0.15, 0.2) is 0 Å². The maximum absolute atomic E-state index is 12.5. The fourth-order valence-corrected chi connectivity index (χ4v) is 4.22. The number of likely N-dealkylation sites (tertiary alicyclic amines) is 2. The quantitative estimate of drug-likeness (QED) is 0.840. The molecular formula is C20H25N3O2. The molecule has 5 heteroatoms. The molecule has 2 saturated heterocycles. The lowest BCUT2D eigenvalue weighted by Gasteiger charge is -2.39. The van der Waals surface area contributed by atoms with Crippen molar-refractivity contribution in [2.75, 3.05) is 6.54 Å². The van der Waals surface area contributed by atoms with Crippen LogP contribution >= 0.6 is 0 Å². The summed E-state index contributed by atoms with van der Waals surface area (Å²) in [6.07, 6.45) is 7.16. The Balaban J connectivity index is 1.47. The molecular weight excluding hydrogens is 314 g/mol. The van der Waals surface area contributed by atoms with Gasteiger partial charge in [-0.05, 0) is 42.7 Å². The normalized spacial score (nSPS) is 23.9. The van der Waals surface area contributed by atoms with Crippen molar-refractivity contribution in [3.8, 4) is 0 Å². The number of furan rings is 1. The number of nitrogens with zero attached hydrogens (tertiary/aromatic N) is 3. The molecule has 1 amide bonds. The van der Waals surface area contributed by atoms with Crippen LogP contribution in [0.2, 0.25) is 0 Å². The molecule has 0 bridgehead atoms. The second kappa shape index (κ2) is 7.00. The summed E-state index contributed by atoms with van der Waals surface area (Å²) in [7, 11) is 0. The molecule has 2 aromatic rings. The Bertz CT molecular complexity index is 728. The monoisotopic (exact) mass is 339 g/mol. The lowest BCUT2D eigenvalue weighted by atomic mass is 9.95. The molecule has 0 unspecified atom stereocenters. The number of rotatable bonds is 5. The van der Waals surface area contributed by atoms with E-state index in [1.54, 1.807) is 12.4 Å². The van der Waals surface area contributed by atoms with Crippen molar-refractivity contribution >= 4 is 5.91 Å². The minimum absolute atomic E-state index is 0.284. The summed E-state index contributed by atoms with van der Waals surface area (Å²) in [6.45, 7) is 4.67. The van der Waals surface area contributed by atoms with Gasteiger partial charge in [0, 0.05) is 50.4 Å². The molecule has 2 aromatic heterocycles. The number of pyridine rings is 1. The molecule has 0 aliphatic carbocycles. The molecule has 4 heterocycles. The predicted molar refractivity (Wildman–Crippen MR) is 94.7 cm³/mol. The van der Waals surface area contributed by atoms with E-state index in [0.717, 1.165) is 49.4 Å². The SMILES string of the molecule is CCc1ccc(CN2CC[C@@H]3[C@H]2CCC(=O)N3Cc2ccncc2)o1. The zero-order valence-electron chi connectivity index (χ0n) is 14.7. The summed E-state index contributed by atoms with van der Waals surface area (Å²) < 4.78 is 5.89. The van der Waals surface area contributed by atoms with Crippen molar-refractivity contribution < 1.29 is 9.21 Å². The second-order valence-electron chi connectivity index (χ2n) is 7.03. The highest BCUT2D eigenvalue weighted by Gasteiger charge is 2.43. The maximum Gasteiger partial charge on any atom is 0.223 e. The van der Waals surface area contributed by atoms with Crippen LogP contribution in [0.15, 0.2) is 41.1 Å². The van der Waals surface area contributed by atoms with Gasteiger partial charge in [0.2, 0.25) is 5.91 Å². The van der Waals surface area contributed by atoms with E-state index >= 15 is 0 Å². The first-order chi connectivity index (χ1) is 12.2. The highest BCUT2D eigenvalue weighted by atomic mass is 16.3. The van der Waals surface area contributed by atoms with Gasteiger partial charge in [-0.15, -0.1) is 0 Å². The third kappa shape index (κ3) is 3.33. The number of carbonyl (C=O) groups excluding carboxylic acids is 1. The van der Waals surface area contributed by atoms with E-state index in [-0.39, 0.29) is 5.91 Å². The lowest BCUT2D eigenvalue weighted by molar-refractivity contribution is -0.138. The number of piperidine rings is 1. The number of hydrogen-bond acceptors (Lipinski definition) is 4. The summed E-state index contributed by atoms with van der Waals surface area (Å²) in [4.78, 5) is 21.2. The summed E-state index contributed by atoms with van der Waals surface area (Å²) in [5, 5.41) is 0. The van der Waals surface area contributed by atoms with Gasteiger partial charge in [-0.2, -0.15) is 0 Å². The summed E-state index contributed by atoms with van der Waals surface area (Å²) in [5.41, 5.74) is 1.15. The molecule has 0 saturated carbocycles. The molecule has 5 nitrogen and oxygen atoms in total. The van der Waals surface area contributed by atoms with E-state index in [0.29, 0.717) is 25.0 Å². The number of aromatic nitrogens is 1. The van der Waals surface area contributed by atoms with Crippen molar-refractivity contribution in [2.24, 2.45) is 0 Å². The number of amides is 1. The zero-order valence-corrected chi connectivity index (χ0v) is 14.7. The van der Waals surface area contributed by atoms with Gasteiger partial charge in [0.05, 0.1) is 6.54 Å². The van der Waals surface area contributed by atoms with Crippen molar-refractivity contribution in [1.29, 1.82) is 0 Å². The Morgan fingerprint density at radius 1 is 1.08 bits per heavy atom. The van der Waals surface area contributed by atoms with E-state index in [1.165, 1.54) is 0 Å². The molecule has 0 aromatic carbocycles. The third-order valence-corrected chi connectivity index (χ3v) is 5.53. The number of carbonyl (C=O) groups is 1. The number of hydrogen-bond donors (Lipinski definition) is 0. The molecule has 2 atom stereocenters. The van der Waals surface area contributed by atoms with Gasteiger partial charge in [-0.1, -0.05) is 6.92 Å². The zero-order chi connectivity index (χ0) is 17.2. The molecule has 0 spiro atoms. The summed E-state index contributed by atoms with van der Waals surface area (Å²) >= 11 is 0. The van der Waals surface area contributed by atoms with Gasteiger partial charge in [-0.3, -0.25) is 14.7 Å². The van der Waals surface area contributed by atoms with Crippen molar-refractivity contribution in [2.45, 2.75) is 57.8 Å². The number of aryl methyl sites for hydroxylation is 1. The Hall–Kier alpha value is -2.14. The first-order valence-electron chi connectivity index (χ1n) is 9.24. The van der Waals surface area contributed by atoms with Crippen LogP contribution in [0, 0.1) is 0 Å². The highest BCUT2D eigenvalue weighted by Crippen LogP contribution is 2.33. The Morgan fingerprint density at radius 3 is 2.64 bits per heavy atom. The highest BCUT2D eigenvalue weighted by molar-refractivity contribution is 5.77. The van der Waals surface area contributed by atoms with E-state index < -0.39 is 0 Å². The van der Waals surface area contributed by atoms with Gasteiger partial charge >= 0.3 is 0 Å². The molecule has 2 aliphatic rings. The predicted octanol–water partition coefficient (Wildman–Crippen LogP) is 3.00. The average molecular weight is 339 g/mol. The topological polar surface area (TPSA) is 49.6 Å². The van der Waals surface area contributed by atoms with E-state index in [1.807, 2.05) is 12.1 Å². The van der Waals surface area contributed by atoms with Crippen molar-refractivity contribution in [1.82, 2.24) is 14.8 Å². The van der Waals surface area contributed by atoms with E-state index in [2.05, 4.69) is 33.8 Å². The van der Waals surface area contributed by atoms with Crippen LogP contribution in [-0.4, -0.2) is 39.3 Å². The van der Waals surface area contributed by atoms with Crippen molar-refractivity contribution in [3.05, 3.63) is 53.7 Å². The molecule has 0 radical (unpaired) electrons. The van der Waals surface area contributed by atoms with E-state index in [9.17, 15) is 4.79 Å². The average Bonchev–Trinajstić information content (AvgIpc) is 3.26. The van der Waals surface area contributed by atoms with Crippen molar-refractivity contribution in [3.63, 3.8) is 0 Å². The van der Waals surface area contributed by atoms with Gasteiger partial charge in [0.1, 0.15) is 11.5 Å². The third-order valence-electron chi connectivity index (χ3n) is 5.53. The maximum atomic E-state index is 12.5. The van der Waals surface area contributed by atoms with Crippen LogP contribution in [-0.2, 0) is 24.3 Å². The Kier molecular flexibility index (Phi) is 4.57. The standard InChI is InChI=1S/C20H25N3O2/c1-2-16-3-4-17(25-16)14-22-12-9-19-18(22)5-6-20(24)23(19)13-15-7-10-21-11-8-15/h3-4,7-8,10-11,18-19H,2,5-6,9,12-14H2,1H3/t18-,19-/m1/s1. The molecule has 4 rings (SSSR count). The fourth-order valence-electron chi connectivity index (χ4n) is 4.22. The van der Waals surface area contributed by atoms with E-state index in [4.69, 9.17) is 4.42 Å². The Labute approximate surface area is 148 Å². The van der Waals surface area contributed by atoms with Gasteiger partial charge in [0.25, 0.3) is 0 Å². The summed E-state index contributed by atoms with van der Waals surface area (Å²) in [6, 6.07) is 8.92. The minimum Gasteiger partial charge on any atom is -0.465 e. The first kappa shape index (κ1) is 16.3. The van der Waals surface area contributed by atoms with Crippen LogP contribution in [0.3, 0.4) is 0 Å². The molecule has 132 valence electrons. The van der Waals surface area contributed by atoms with Crippen LogP contribution in [0.5, 0.6) is 0 Å². The number of fused-ring (bicyclic) bond motifs is 1. The summed E-state index contributed by atoms with van der Waals surface area (Å²) in [5.74, 6) is 2.37. The van der Waals surface area contributed by atoms with Crippen LogP contribution in [0.25, 0.3) is 0 Å². The van der Waals surface area contributed by atoms with Crippen LogP contribution < -0.4 is 0 Å². The first-order valence-corrected chi connectivity index (χ1v) is 9.24. The second-order valence-corrected chi connectivity index (χ2v) is 7.03. The molecule has 2 fully saturated rings. The molecule has 2 aliphatic heterocycles. The van der Waals surface area contributed by atoms with Gasteiger partial charge < -0.3 is 9.32 Å². The van der Waals surface area contributed by atoms with Crippen LogP contribution in [0.4, 0.5) is 0 Å². The minimum atomic E-state index is 0.284.